The van der Waals surface area contributed by atoms with Gasteiger partial charge in [0, 0.05) is 26.2 Å². The lowest BCUT2D eigenvalue weighted by Crippen LogP contribution is -2.38. The summed E-state index contributed by atoms with van der Waals surface area (Å²) < 4.78 is 63.4. The SMILES string of the molecule is CN=C(NCCC(F)(F)F)NCc1ccccc1CS(=O)(=O)NC(C)C. The zero-order valence-corrected chi connectivity index (χ0v) is 15.8. The van der Waals surface area contributed by atoms with Gasteiger partial charge in [0.05, 0.1) is 12.2 Å². The van der Waals surface area contributed by atoms with Crippen LogP contribution in [0.2, 0.25) is 0 Å². The zero-order chi connectivity index (χ0) is 19.8. The van der Waals surface area contributed by atoms with Gasteiger partial charge in [-0.2, -0.15) is 13.2 Å². The van der Waals surface area contributed by atoms with Crippen LogP contribution in [0.1, 0.15) is 31.4 Å². The molecule has 1 aromatic rings. The molecule has 0 aromatic heterocycles. The fourth-order valence-corrected chi connectivity index (χ4v) is 3.69. The van der Waals surface area contributed by atoms with E-state index in [2.05, 4.69) is 20.3 Å². The topological polar surface area (TPSA) is 82.6 Å². The highest BCUT2D eigenvalue weighted by Gasteiger charge is 2.26. The number of hydrogen-bond donors (Lipinski definition) is 3. The molecule has 6 nitrogen and oxygen atoms in total. The van der Waals surface area contributed by atoms with Crippen LogP contribution in [-0.4, -0.2) is 40.2 Å². The monoisotopic (exact) mass is 394 g/mol. The Bertz CT molecular complexity index is 704. The minimum absolute atomic E-state index is 0.177. The number of halogens is 3. The van der Waals surface area contributed by atoms with Crippen LogP contribution in [0.5, 0.6) is 0 Å². The molecule has 1 aromatic carbocycles. The first-order valence-electron chi connectivity index (χ1n) is 8.10. The molecule has 0 aliphatic carbocycles. The van der Waals surface area contributed by atoms with Crippen molar-refractivity contribution in [3.8, 4) is 0 Å². The fraction of sp³-hybridized carbons (Fsp3) is 0.562. The molecule has 10 heteroatoms. The molecule has 0 saturated carbocycles. The number of aliphatic imine (C=N–C) groups is 1. The summed E-state index contributed by atoms with van der Waals surface area (Å²) in [7, 11) is -2.03. The van der Waals surface area contributed by atoms with E-state index >= 15 is 0 Å². The second kappa shape index (κ2) is 9.77. The van der Waals surface area contributed by atoms with Gasteiger partial charge in [-0.1, -0.05) is 24.3 Å². The molecule has 0 unspecified atom stereocenters. The van der Waals surface area contributed by atoms with Crippen LogP contribution in [0, 0.1) is 0 Å². The molecule has 0 radical (unpaired) electrons. The van der Waals surface area contributed by atoms with Crippen molar-refractivity contribution in [2.45, 2.75) is 44.8 Å². The Labute approximate surface area is 152 Å². The molecule has 0 aliphatic rings. The molecule has 0 atom stereocenters. The molecule has 0 aliphatic heterocycles. The highest BCUT2D eigenvalue weighted by molar-refractivity contribution is 7.88. The molecule has 0 bridgehead atoms. The largest absolute Gasteiger partial charge is 0.390 e. The van der Waals surface area contributed by atoms with Gasteiger partial charge in [0.25, 0.3) is 0 Å². The van der Waals surface area contributed by atoms with Gasteiger partial charge in [0.15, 0.2) is 5.96 Å². The fourth-order valence-electron chi connectivity index (χ4n) is 2.20. The summed E-state index contributed by atoms with van der Waals surface area (Å²) in [6.07, 6.45) is -5.21. The van der Waals surface area contributed by atoms with Crippen LogP contribution < -0.4 is 15.4 Å². The molecule has 3 N–H and O–H groups in total. The van der Waals surface area contributed by atoms with E-state index in [9.17, 15) is 21.6 Å². The third-order valence-corrected chi connectivity index (χ3v) is 4.77. The molecular weight excluding hydrogens is 369 g/mol. The van der Waals surface area contributed by atoms with Gasteiger partial charge in [-0.15, -0.1) is 0 Å². The van der Waals surface area contributed by atoms with Crippen molar-refractivity contribution in [2.75, 3.05) is 13.6 Å². The molecular formula is C16H25F3N4O2S. The first kappa shape index (κ1) is 22.2. The smallest absolute Gasteiger partial charge is 0.356 e. The van der Waals surface area contributed by atoms with Gasteiger partial charge in [-0.05, 0) is 25.0 Å². The quantitative estimate of drug-likeness (QED) is 0.466. The predicted octanol–water partition coefficient (Wildman–Crippen LogP) is 2.13. The minimum atomic E-state index is -4.24. The van der Waals surface area contributed by atoms with E-state index in [0.29, 0.717) is 5.56 Å². The molecule has 0 heterocycles. The van der Waals surface area contributed by atoms with Crippen LogP contribution >= 0.6 is 0 Å². The van der Waals surface area contributed by atoms with E-state index in [1.165, 1.54) is 7.05 Å². The van der Waals surface area contributed by atoms with Crippen molar-refractivity contribution in [2.24, 2.45) is 4.99 Å². The highest BCUT2D eigenvalue weighted by Crippen LogP contribution is 2.18. The lowest BCUT2D eigenvalue weighted by molar-refractivity contribution is -0.132. The van der Waals surface area contributed by atoms with Gasteiger partial charge in [-0.25, -0.2) is 13.1 Å². The van der Waals surface area contributed by atoms with Crippen molar-refractivity contribution in [3.05, 3.63) is 35.4 Å². The van der Waals surface area contributed by atoms with Crippen LogP contribution in [0.3, 0.4) is 0 Å². The van der Waals surface area contributed by atoms with E-state index in [0.717, 1.165) is 5.56 Å². The second-order valence-electron chi connectivity index (χ2n) is 6.02. The minimum Gasteiger partial charge on any atom is -0.356 e. The van der Waals surface area contributed by atoms with Crippen LogP contribution in [0.4, 0.5) is 13.2 Å². The maximum atomic E-state index is 12.2. The van der Waals surface area contributed by atoms with Crippen molar-refractivity contribution >= 4 is 16.0 Å². The zero-order valence-electron chi connectivity index (χ0n) is 15.0. The number of alkyl halides is 3. The number of hydrogen-bond acceptors (Lipinski definition) is 3. The predicted molar refractivity (Wildman–Crippen MR) is 96.2 cm³/mol. The van der Waals surface area contributed by atoms with Crippen molar-refractivity contribution in [1.29, 1.82) is 0 Å². The Morgan fingerprint density at radius 1 is 1.15 bits per heavy atom. The van der Waals surface area contributed by atoms with Gasteiger partial charge in [0.2, 0.25) is 10.0 Å². The summed E-state index contributed by atoms with van der Waals surface area (Å²) in [5.41, 5.74) is 1.33. The van der Waals surface area contributed by atoms with Gasteiger partial charge < -0.3 is 10.6 Å². The first-order chi connectivity index (χ1) is 12.0. The molecule has 0 fully saturated rings. The third kappa shape index (κ3) is 9.04. The van der Waals surface area contributed by atoms with Crippen LogP contribution in [0.25, 0.3) is 0 Å². The summed E-state index contributed by atoms with van der Waals surface area (Å²) in [5.74, 6) is 0.0376. The number of nitrogens with zero attached hydrogens (tertiary/aromatic N) is 1. The molecule has 1 rings (SSSR count). The van der Waals surface area contributed by atoms with Gasteiger partial charge in [0.1, 0.15) is 0 Å². The van der Waals surface area contributed by atoms with Crippen LogP contribution in [0.15, 0.2) is 29.3 Å². The molecule has 26 heavy (non-hydrogen) atoms. The summed E-state index contributed by atoms with van der Waals surface area (Å²) in [5, 5.41) is 5.47. The number of guanidine groups is 1. The Morgan fingerprint density at radius 3 is 2.31 bits per heavy atom. The second-order valence-corrected chi connectivity index (χ2v) is 7.77. The Balaban J connectivity index is 2.70. The average Bonchev–Trinajstić information content (AvgIpc) is 2.49. The molecule has 148 valence electrons. The lowest BCUT2D eigenvalue weighted by Gasteiger charge is -2.15. The van der Waals surface area contributed by atoms with Gasteiger partial charge >= 0.3 is 6.18 Å². The average molecular weight is 394 g/mol. The normalized spacial score (nSPS) is 13.1. The van der Waals surface area contributed by atoms with Crippen molar-refractivity contribution in [3.63, 3.8) is 0 Å². The van der Waals surface area contributed by atoms with E-state index in [1.807, 2.05) is 0 Å². The lowest BCUT2D eigenvalue weighted by atomic mass is 10.1. The van der Waals surface area contributed by atoms with E-state index < -0.39 is 22.6 Å². The third-order valence-electron chi connectivity index (χ3n) is 3.25. The highest BCUT2D eigenvalue weighted by atomic mass is 32.2. The van der Waals surface area contributed by atoms with Gasteiger partial charge in [-0.3, -0.25) is 4.99 Å². The Kier molecular flexibility index (Phi) is 8.35. The Morgan fingerprint density at radius 2 is 1.77 bits per heavy atom. The van der Waals surface area contributed by atoms with Crippen molar-refractivity contribution in [1.82, 2.24) is 15.4 Å². The number of sulfonamides is 1. The van der Waals surface area contributed by atoms with E-state index in [1.54, 1.807) is 38.1 Å². The van der Waals surface area contributed by atoms with E-state index in [4.69, 9.17) is 0 Å². The summed E-state index contributed by atoms with van der Waals surface area (Å²) in [6.45, 7) is 3.42. The number of nitrogens with one attached hydrogen (secondary N) is 3. The Hall–Kier alpha value is -1.81. The molecule has 0 saturated heterocycles. The summed E-state index contributed by atoms with van der Waals surface area (Å²) in [6, 6.07) is 6.76. The number of benzene rings is 1. The first-order valence-corrected chi connectivity index (χ1v) is 9.75. The van der Waals surface area contributed by atoms with E-state index in [-0.39, 0.29) is 30.8 Å². The van der Waals surface area contributed by atoms with Crippen molar-refractivity contribution < 1.29 is 21.6 Å². The maximum absolute atomic E-state index is 12.2. The summed E-state index contributed by atoms with van der Waals surface area (Å²) in [4.78, 5) is 3.86. The summed E-state index contributed by atoms with van der Waals surface area (Å²) >= 11 is 0. The standard InChI is InChI=1S/C16H25F3N4O2S/c1-12(2)23-26(24,25)11-14-7-5-4-6-13(14)10-22-15(20-3)21-9-8-16(17,18)19/h4-7,12,23H,8-11H2,1-3H3,(H2,20,21,22). The van der Waals surface area contributed by atoms with Crippen LogP contribution in [-0.2, 0) is 22.3 Å². The molecule has 0 amide bonds. The maximum Gasteiger partial charge on any atom is 0.390 e. The number of rotatable bonds is 8. The molecule has 0 spiro atoms.